The van der Waals surface area contributed by atoms with Gasteiger partial charge in [-0.2, -0.15) is 0 Å². The first-order valence-electron chi connectivity index (χ1n) is 7.05. The number of hydrogen-bond donors (Lipinski definition) is 2. The summed E-state index contributed by atoms with van der Waals surface area (Å²) in [6, 6.07) is 8.46. The van der Waals surface area contributed by atoms with Crippen molar-refractivity contribution in [3.8, 4) is 5.75 Å². The number of nitrogens with one attached hydrogen (secondary N) is 1. The summed E-state index contributed by atoms with van der Waals surface area (Å²) in [5.41, 5.74) is 1.23. The Morgan fingerprint density at radius 3 is 2.65 bits per heavy atom. The molecule has 0 bridgehead atoms. The van der Waals surface area contributed by atoms with E-state index < -0.39 is 0 Å². The second-order valence-electron chi connectivity index (χ2n) is 5.04. The van der Waals surface area contributed by atoms with Crippen molar-refractivity contribution in [1.82, 2.24) is 5.32 Å². The fourth-order valence-corrected chi connectivity index (χ4v) is 2.26. The van der Waals surface area contributed by atoms with Crippen molar-refractivity contribution in [2.24, 2.45) is 5.92 Å². The van der Waals surface area contributed by atoms with Gasteiger partial charge in [-0.3, -0.25) is 0 Å². The number of aliphatic hydroxyl groups excluding tert-OH is 1. The first kappa shape index (κ1) is 15.0. The van der Waals surface area contributed by atoms with Crippen LogP contribution in [0.25, 0.3) is 0 Å². The zero-order valence-corrected chi connectivity index (χ0v) is 11.9. The van der Waals surface area contributed by atoms with Crippen molar-refractivity contribution >= 4 is 0 Å². The molecule has 2 atom stereocenters. The van der Waals surface area contributed by atoms with Gasteiger partial charge in [-0.15, -0.1) is 0 Å². The summed E-state index contributed by atoms with van der Waals surface area (Å²) in [6.07, 6.45) is 5.21. The minimum atomic E-state index is 0.238. The smallest absolute Gasteiger partial charge is 0.119 e. The maximum Gasteiger partial charge on any atom is 0.119 e. The molecule has 0 aromatic heterocycles. The van der Waals surface area contributed by atoms with Crippen LogP contribution in [0.1, 0.15) is 12.0 Å². The van der Waals surface area contributed by atoms with Crippen molar-refractivity contribution in [3.05, 3.63) is 42.0 Å². The van der Waals surface area contributed by atoms with E-state index in [-0.39, 0.29) is 6.61 Å². The van der Waals surface area contributed by atoms with Gasteiger partial charge in [0.1, 0.15) is 12.4 Å². The summed E-state index contributed by atoms with van der Waals surface area (Å²) >= 11 is 0. The van der Waals surface area contributed by atoms with Crippen LogP contribution in [0.5, 0.6) is 5.75 Å². The predicted octanol–water partition coefficient (Wildman–Crippen LogP) is 1.74. The number of benzene rings is 1. The number of aliphatic hydroxyl groups is 1. The maximum atomic E-state index is 9.09. The first-order chi connectivity index (χ1) is 9.81. The van der Waals surface area contributed by atoms with Gasteiger partial charge in [0.15, 0.2) is 0 Å². The number of hydrogen-bond acceptors (Lipinski definition) is 4. The van der Waals surface area contributed by atoms with Crippen LogP contribution in [0.3, 0.4) is 0 Å². The molecular weight excluding hydrogens is 254 g/mol. The standard InChI is InChI=1S/C16H23NO3/c1-19-8-9-20-16-6-3-13(4-7-16)11-17-15-5-2-14(10-15)12-18/h2-7,14-15,17-18H,8-12H2,1H3/t14-,15+/m0/s1. The highest BCUT2D eigenvalue weighted by Crippen LogP contribution is 2.18. The highest BCUT2D eigenvalue weighted by atomic mass is 16.5. The molecule has 0 saturated heterocycles. The summed E-state index contributed by atoms with van der Waals surface area (Å²) < 4.78 is 10.5. The molecule has 110 valence electrons. The van der Waals surface area contributed by atoms with E-state index in [0.29, 0.717) is 25.2 Å². The van der Waals surface area contributed by atoms with Gasteiger partial charge >= 0.3 is 0 Å². The van der Waals surface area contributed by atoms with E-state index in [4.69, 9.17) is 14.6 Å². The maximum absolute atomic E-state index is 9.09. The number of rotatable bonds is 8. The zero-order chi connectivity index (χ0) is 14.2. The SMILES string of the molecule is COCCOc1ccc(CN[C@@H]2C=C[C@H](CO)C2)cc1. The van der Waals surface area contributed by atoms with Gasteiger partial charge < -0.3 is 19.9 Å². The molecule has 2 N–H and O–H groups in total. The summed E-state index contributed by atoms with van der Waals surface area (Å²) in [6.45, 7) is 2.24. The van der Waals surface area contributed by atoms with Crippen molar-refractivity contribution in [1.29, 1.82) is 0 Å². The highest BCUT2D eigenvalue weighted by Gasteiger charge is 2.17. The lowest BCUT2D eigenvalue weighted by atomic mass is 10.1. The Kier molecular flexibility index (Phi) is 6.05. The number of methoxy groups -OCH3 is 1. The summed E-state index contributed by atoms with van der Waals surface area (Å²) in [4.78, 5) is 0. The van der Waals surface area contributed by atoms with Crippen LogP contribution in [0.4, 0.5) is 0 Å². The van der Waals surface area contributed by atoms with E-state index in [1.807, 2.05) is 12.1 Å². The molecule has 0 spiro atoms. The Labute approximate surface area is 120 Å². The third kappa shape index (κ3) is 4.63. The molecule has 2 rings (SSSR count). The molecule has 1 aliphatic carbocycles. The monoisotopic (exact) mass is 277 g/mol. The summed E-state index contributed by atoms with van der Waals surface area (Å²) in [7, 11) is 1.66. The van der Waals surface area contributed by atoms with E-state index in [1.54, 1.807) is 7.11 Å². The average Bonchev–Trinajstić information content (AvgIpc) is 2.95. The molecule has 0 unspecified atom stereocenters. The van der Waals surface area contributed by atoms with Gasteiger partial charge in [-0.1, -0.05) is 24.3 Å². The molecule has 0 fully saturated rings. The van der Waals surface area contributed by atoms with Crippen LogP contribution in [-0.2, 0) is 11.3 Å². The Hall–Kier alpha value is -1.36. The molecule has 0 radical (unpaired) electrons. The summed E-state index contributed by atoms with van der Waals surface area (Å²) in [5.74, 6) is 1.18. The van der Waals surface area contributed by atoms with Crippen LogP contribution >= 0.6 is 0 Å². The lowest BCUT2D eigenvalue weighted by molar-refractivity contribution is 0.146. The fourth-order valence-electron chi connectivity index (χ4n) is 2.26. The van der Waals surface area contributed by atoms with E-state index in [9.17, 15) is 0 Å². The van der Waals surface area contributed by atoms with Crippen molar-refractivity contribution in [2.75, 3.05) is 26.9 Å². The lowest BCUT2D eigenvalue weighted by Crippen LogP contribution is -2.26. The Bertz CT molecular complexity index is 416. The first-order valence-corrected chi connectivity index (χ1v) is 7.05. The molecule has 4 heteroatoms. The molecule has 0 amide bonds. The van der Waals surface area contributed by atoms with Gasteiger partial charge in [-0.25, -0.2) is 0 Å². The fraction of sp³-hybridized carbons (Fsp3) is 0.500. The third-order valence-corrected chi connectivity index (χ3v) is 3.45. The van der Waals surface area contributed by atoms with E-state index in [0.717, 1.165) is 18.7 Å². The quantitative estimate of drug-likeness (QED) is 0.561. The molecule has 1 aromatic rings. The van der Waals surface area contributed by atoms with Crippen LogP contribution in [0.2, 0.25) is 0 Å². The molecule has 0 heterocycles. The highest BCUT2D eigenvalue weighted by molar-refractivity contribution is 5.27. The van der Waals surface area contributed by atoms with Gasteiger partial charge in [0.25, 0.3) is 0 Å². The third-order valence-electron chi connectivity index (χ3n) is 3.45. The molecule has 20 heavy (non-hydrogen) atoms. The van der Waals surface area contributed by atoms with Crippen LogP contribution in [-0.4, -0.2) is 38.1 Å². The molecular formula is C16H23NO3. The Balaban J connectivity index is 1.72. The Morgan fingerprint density at radius 2 is 2.00 bits per heavy atom. The van der Waals surface area contributed by atoms with E-state index >= 15 is 0 Å². The van der Waals surface area contributed by atoms with Crippen LogP contribution < -0.4 is 10.1 Å². The minimum Gasteiger partial charge on any atom is -0.491 e. The van der Waals surface area contributed by atoms with E-state index in [2.05, 4.69) is 29.6 Å². The van der Waals surface area contributed by atoms with Gasteiger partial charge in [0.05, 0.1) is 6.61 Å². The van der Waals surface area contributed by atoms with Gasteiger partial charge in [0, 0.05) is 32.2 Å². The van der Waals surface area contributed by atoms with Crippen molar-refractivity contribution in [2.45, 2.75) is 19.0 Å². The molecule has 0 aliphatic heterocycles. The van der Waals surface area contributed by atoms with Gasteiger partial charge in [-0.05, 0) is 24.1 Å². The van der Waals surface area contributed by atoms with Crippen molar-refractivity contribution in [3.63, 3.8) is 0 Å². The predicted molar refractivity (Wildman–Crippen MR) is 78.8 cm³/mol. The molecule has 1 aliphatic rings. The van der Waals surface area contributed by atoms with Crippen LogP contribution in [0.15, 0.2) is 36.4 Å². The average molecular weight is 277 g/mol. The summed E-state index contributed by atoms with van der Waals surface area (Å²) in [5, 5.41) is 12.6. The normalized spacial score (nSPS) is 21.3. The second-order valence-corrected chi connectivity index (χ2v) is 5.04. The molecule has 4 nitrogen and oxygen atoms in total. The van der Waals surface area contributed by atoms with Crippen molar-refractivity contribution < 1.29 is 14.6 Å². The molecule has 0 saturated carbocycles. The van der Waals surface area contributed by atoms with Gasteiger partial charge in [0.2, 0.25) is 0 Å². The topological polar surface area (TPSA) is 50.7 Å². The largest absolute Gasteiger partial charge is 0.491 e. The number of ether oxygens (including phenoxy) is 2. The zero-order valence-electron chi connectivity index (χ0n) is 11.9. The van der Waals surface area contributed by atoms with E-state index in [1.165, 1.54) is 5.56 Å². The van der Waals surface area contributed by atoms with Crippen LogP contribution in [0, 0.1) is 5.92 Å². The lowest BCUT2D eigenvalue weighted by Gasteiger charge is -2.13. The molecule has 1 aromatic carbocycles. The second kappa shape index (κ2) is 8.04. The minimum absolute atomic E-state index is 0.238. The Morgan fingerprint density at radius 1 is 1.20 bits per heavy atom.